The molecular weight excluding hydrogens is 969 g/mol. The largest absolute Gasteiger partial charge is 0.497 e. The second-order valence-electron chi connectivity index (χ2n) is 19.6. The first-order chi connectivity index (χ1) is 35.7. The van der Waals surface area contributed by atoms with Crippen molar-refractivity contribution in [2.75, 3.05) is 34.0 Å². The smallest absolute Gasteiger partial charge is 0.407 e. The van der Waals surface area contributed by atoms with Gasteiger partial charge in [0, 0.05) is 30.5 Å². The summed E-state index contributed by atoms with van der Waals surface area (Å²) in [5.74, 6) is -5.45. The van der Waals surface area contributed by atoms with Crippen molar-refractivity contribution >= 4 is 47.6 Å². The summed E-state index contributed by atoms with van der Waals surface area (Å²) in [5, 5.41) is 20.0. The molecule has 7 N–H and O–H groups in total. The molecule has 4 aromatic rings. The van der Waals surface area contributed by atoms with Crippen LogP contribution < -0.4 is 41.2 Å². The highest BCUT2D eigenvalue weighted by Crippen LogP contribution is 2.44. The number of alkyl carbamates (subject to hydrolysis) is 1. The molecule has 20 heteroatoms. The van der Waals surface area contributed by atoms with Gasteiger partial charge in [-0.3, -0.25) is 28.8 Å². The predicted molar refractivity (Wildman–Crippen MR) is 273 cm³/mol. The molecule has 1 aliphatic carbocycles. The second-order valence-corrected chi connectivity index (χ2v) is 19.6. The standard InChI is InChI=1S/C55H66N6O14/c1-31(2)48(52(68)60-49(39-23-22-34(71-6)27-44(39)72-7)32-18-20-33(21-19-32)73-30-46(63)64)59-51(67)43-17-12-26-61(43)53(69)42(28-45(56)62)57-50(66)41(24-25-47(65)75-55(3,4)5)58-54(70)74-29-40-37-15-10-8-13-35(37)36-14-9-11-16-38(36)40/h8-11,13-16,18-23,27,31,40-43,48-49H,12,17,24-26,28-30H2,1-7H3,(H2,56,62)(H,57,66)(H,58,70)(H,59,67)(H,60,68)(H,63,64)/t41-,42-,43-,48-,49?/m0/s1. The van der Waals surface area contributed by atoms with Crippen molar-refractivity contribution in [3.63, 3.8) is 0 Å². The lowest BCUT2D eigenvalue weighted by atomic mass is 9.95. The SMILES string of the molecule is COc1ccc(C(NC(=O)[C@@H](NC(=O)[C@@H]2CCCN2C(=O)[C@H](CC(N)=O)NC(=O)[C@H](CCC(=O)OC(C)(C)C)NC(=O)OCC2c3ccccc3-c3ccccc32)C(C)C)c2ccc(OCC(=O)O)cc2)c(OC)c1. The van der Waals surface area contributed by atoms with E-state index in [9.17, 15) is 38.4 Å². The molecule has 75 heavy (non-hydrogen) atoms. The van der Waals surface area contributed by atoms with Crippen molar-refractivity contribution in [2.24, 2.45) is 11.7 Å². The fourth-order valence-corrected chi connectivity index (χ4v) is 9.20. The van der Waals surface area contributed by atoms with Crippen LogP contribution in [0.15, 0.2) is 91.0 Å². The number of amides is 6. The van der Waals surface area contributed by atoms with Crippen molar-refractivity contribution in [1.29, 1.82) is 0 Å². The monoisotopic (exact) mass is 1030 g/mol. The lowest BCUT2D eigenvalue weighted by Gasteiger charge is -2.31. The molecule has 1 aliphatic heterocycles. The lowest BCUT2D eigenvalue weighted by molar-refractivity contribution is -0.155. The minimum atomic E-state index is -1.61. The van der Waals surface area contributed by atoms with Crippen LogP contribution >= 0.6 is 0 Å². The molecule has 6 rings (SSSR count). The number of ether oxygens (including phenoxy) is 5. The molecule has 0 radical (unpaired) electrons. The summed E-state index contributed by atoms with van der Waals surface area (Å²) in [5.41, 5.74) is 9.78. The van der Waals surface area contributed by atoms with Gasteiger partial charge in [0.1, 0.15) is 53.6 Å². The van der Waals surface area contributed by atoms with E-state index in [-0.39, 0.29) is 44.1 Å². The average molecular weight is 1040 g/mol. The Morgan fingerprint density at radius 3 is 2.00 bits per heavy atom. The van der Waals surface area contributed by atoms with Crippen LogP contribution in [0.25, 0.3) is 11.1 Å². The third-order valence-electron chi connectivity index (χ3n) is 12.7. The molecule has 0 saturated carbocycles. The van der Waals surface area contributed by atoms with Gasteiger partial charge in [0.2, 0.25) is 29.5 Å². The van der Waals surface area contributed by atoms with Gasteiger partial charge < -0.3 is 60.7 Å². The van der Waals surface area contributed by atoms with Crippen LogP contribution in [0.4, 0.5) is 4.79 Å². The molecule has 4 aromatic carbocycles. The van der Waals surface area contributed by atoms with Crippen molar-refractivity contribution in [3.8, 4) is 28.4 Å². The molecule has 400 valence electrons. The van der Waals surface area contributed by atoms with E-state index < -0.39 is 102 Å². The molecule has 1 heterocycles. The van der Waals surface area contributed by atoms with Crippen molar-refractivity contribution in [3.05, 3.63) is 113 Å². The van der Waals surface area contributed by atoms with Gasteiger partial charge in [-0.1, -0.05) is 74.5 Å². The molecule has 1 unspecified atom stereocenters. The molecule has 2 aliphatic rings. The lowest BCUT2D eigenvalue weighted by Crippen LogP contribution is -2.59. The fraction of sp³-hybridized carbons (Fsp3) is 0.418. The number of nitrogens with zero attached hydrogens (tertiary/aromatic N) is 1. The summed E-state index contributed by atoms with van der Waals surface area (Å²) in [6.07, 6.45) is -1.74. The van der Waals surface area contributed by atoms with Crippen LogP contribution in [-0.4, -0.2) is 121 Å². The Kier molecular flexibility index (Phi) is 18.9. The van der Waals surface area contributed by atoms with Gasteiger partial charge in [0.05, 0.1) is 26.7 Å². The number of carbonyl (C=O) groups is 8. The first kappa shape index (κ1) is 56.1. The van der Waals surface area contributed by atoms with E-state index in [0.717, 1.165) is 22.3 Å². The Hall–Kier alpha value is -8.16. The van der Waals surface area contributed by atoms with E-state index in [1.54, 1.807) is 77.1 Å². The second kappa shape index (κ2) is 25.2. The van der Waals surface area contributed by atoms with Crippen LogP contribution in [0.1, 0.15) is 101 Å². The van der Waals surface area contributed by atoms with E-state index in [2.05, 4.69) is 21.3 Å². The first-order valence-corrected chi connectivity index (χ1v) is 24.7. The van der Waals surface area contributed by atoms with Gasteiger partial charge in [-0.15, -0.1) is 0 Å². The number of carboxylic acid groups (broad SMARTS) is 1. The molecule has 0 spiro atoms. The zero-order chi connectivity index (χ0) is 54.6. The maximum absolute atomic E-state index is 14.5. The van der Waals surface area contributed by atoms with Gasteiger partial charge in [-0.05, 0) is 98.0 Å². The normalized spacial score (nSPS) is 15.5. The number of carbonyl (C=O) groups excluding carboxylic acids is 7. The number of aliphatic carboxylic acids is 1. The van der Waals surface area contributed by atoms with E-state index in [1.807, 2.05) is 48.5 Å². The van der Waals surface area contributed by atoms with E-state index in [0.29, 0.717) is 29.0 Å². The number of carboxylic acids is 1. The summed E-state index contributed by atoms with van der Waals surface area (Å²) in [6, 6.07) is 20.7. The molecule has 1 saturated heterocycles. The number of hydrogen-bond donors (Lipinski definition) is 6. The summed E-state index contributed by atoms with van der Waals surface area (Å²) in [7, 11) is 2.95. The molecule has 6 amide bonds. The highest BCUT2D eigenvalue weighted by molar-refractivity contribution is 5.97. The van der Waals surface area contributed by atoms with Crippen molar-refractivity contribution in [2.45, 2.75) is 108 Å². The molecule has 20 nitrogen and oxygen atoms in total. The molecule has 0 bridgehead atoms. The Balaban J connectivity index is 1.18. The number of rotatable bonds is 23. The molecular formula is C55H66N6O14. The summed E-state index contributed by atoms with van der Waals surface area (Å²) in [6.45, 7) is 7.90. The number of nitrogens with one attached hydrogen (secondary N) is 4. The summed E-state index contributed by atoms with van der Waals surface area (Å²) >= 11 is 0. The summed E-state index contributed by atoms with van der Waals surface area (Å²) in [4.78, 5) is 109. The molecule has 0 aromatic heterocycles. The molecule has 5 atom stereocenters. The van der Waals surface area contributed by atoms with Gasteiger partial charge in [0.25, 0.3) is 0 Å². The van der Waals surface area contributed by atoms with Gasteiger partial charge in [-0.25, -0.2) is 9.59 Å². The van der Waals surface area contributed by atoms with Crippen LogP contribution in [0.5, 0.6) is 17.2 Å². The quantitative estimate of drug-likeness (QED) is 0.0540. The maximum atomic E-state index is 14.5. The Labute approximate surface area is 435 Å². The highest BCUT2D eigenvalue weighted by atomic mass is 16.6. The van der Waals surface area contributed by atoms with Gasteiger partial charge >= 0.3 is 18.0 Å². The number of esters is 1. The van der Waals surface area contributed by atoms with Crippen molar-refractivity contribution in [1.82, 2.24) is 26.2 Å². The van der Waals surface area contributed by atoms with Crippen LogP contribution in [0, 0.1) is 5.92 Å². The zero-order valence-corrected chi connectivity index (χ0v) is 43.1. The number of likely N-dealkylation sites (tertiary alicyclic amines) is 1. The molecule has 1 fully saturated rings. The number of fused-ring (bicyclic) bond motifs is 3. The third-order valence-corrected chi connectivity index (χ3v) is 12.7. The highest BCUT2D eigenvalue weighted by Gasteiger charge is 2.41. The number of benzene rings is 4. The average Bonchev–Trinajstić information content (AvgIpc) is 3.99. The minimum absolute atomic E-state index is 0.0478. The topological polar surface area (TPSA) is 280 Å². The van der Waals surface area contributed by atoms with Gasteiger partial charge in [-0.2, -0.15) is 0 Å². The zero-order valence-electron chi connectivity index (χ0n) is 43.1. The maximum Gasteiger partial charge on any atom is 0.407 e. The van der Waals surface area contributed by atoms with E-state index in [1.165, 1.54) is 19.1 Å². The Morgan fingerprint density at radius 2 is 1.41 bits per heavy atom. The van der Waals surface area contributed by atoms with Crippen LogP contribution in [0.3, 0.4) is 0 Å². The van der Waals surface area contributed by atoms with Crippen LogP contribution in [0.2, 0.25) is 0 Å². The van der Waals surface area contributed by atoms with Gasteiger partial charge in [0.15, 0.2) is 6.61 Å². The summed E-state index contributed by atoms with van der Waals surface area (Å²) < 4.78 is 27.6. The fourth-order valence-electron chi connectivity index (χ4n) is 9.20. The van der Waals surface area contributed by atoms with Crippen LogP contribution in [-0.2, 0) is 43.0 Å². The third kappa shape index (κ3) is 14.8. The minimum Gasteiger partial charge on any atom is -0.497 e. The number of primary amides is 1. The Bertz CT molecular complexity index is 2690. The van der Waals surface area contributed by atoms with Crippen molar-refractivity contribution < 1.29 is 67.1 Å². The number of hydrogen-bond acceptors (Lipinski definition) is 13. The first-order valence-electron chi connectivity index (χ1n) is 24.7. The Morgan fingerprint density at radius 1 is 0.773 bits per heavy atom. The van der Waals surface area contributed by atoms with E-state index >= 15 is 0 Å². The number of methoxy groups -OCH3 is 2. The number of nitrogens with two attached hydrogens (primary N) is 1. The van der Waals surface area contributed by atoms with E-state index in [4.69, 9.17) is 34.5 Å². The predicted octanol–water partition coefficient (Wildman–Crippen LogP) is 4.89.